The van der Waals surface area contributed by atoms with Crippen LogP contribution in [-0.4, -0.2) is 53.4 Å². The predicted molar refractivity (Wildman–Crippen MR) is 115 cm³/mol. The molecule has 0 unspecified atom stereocenters. The second kappa shape index (κ2) is 8.44. The molecule has 0 radical (unpaired) electrons. The van der Waals surface area contributed by atoms with Gasteiger partial charge in [0.15, 0.2) is 0 Å². The van der Waals surface area contributed by atoms with E-state index in [4.69, 9.17) is 0 Å². The summed E-state index contributed by atoms with van der Waals surface area (Å²) in [6.45, 7) is 6.58. The number of carbonyl (C=O) groups is 1. The molecule has 1 aliphatic heterocycles. The van der Waals surface area contributed by atoms with Crippen LogP contribution in [0.4, 0.5) is 0 Å². The maximum absolute atomic E-state index is 12.6. The Morgan fingerprint density at radius 3 is 2.50 bits per heavy atom. The zero-order valence-corrected chi connectivity index (χ0v) is 16.4. The Hall–Kier alpha value is -2.85. The van der Waals surface area contributed by atoms with Crippen LogP contribution in [0.3, 0.4) is 0 Å². The minimum atomic E-state index is 0.104. The summed E-state index contributed by atoms with van der Waals surface area (Å²) in [6.07, 6.45) is 4.75. The first-order valence-corrected chi connectivity index (χ1v) is 10.0. The molecule has 0 bridgehead atoms. The highest BCUT2D eigenvalue weighted by Gasteiger charge is 2.19. The van der Waals surface area contributed by atoms with Crippen LogP contribution in [0.2, 0.25) is 0 Å². The number of aromatic amines is 1. The van der Waals surface area contributed by atoms with Crippen LogP contribution >= 0.6 is 0 Å². The fraction of sp³-hybridized carbons (Fsp3) is 0.292. The Labute approximate surface area is 166 Å². The van der Waals surface area contributed by atoms with Crippen molar-refractivity contribution in [2.45, 2.75) is 13.3 Å². The number of fused-ring (bicyclic) bond motifs is 1. The van der Waals surface area contributed by atoms with Gasteiger partial charge in [-0.3, -0.25) is 9.69 Å². The first kappa shape index (κ1) is 18.5. The number of amides is 1. The number of nitrogens with zero attached hydrogens (tertiary/aromatic N) is 2. The molecule has 0 aliphatic carbocycles. The zero-order chi connectivity index (χ0) is 19.3. The normalized spacial score (nSPS) is 15.5. The van der Waals surface area contributed by atoms with Gasteiger partial charge in [-0.25, -0.2) is 0 Å². The fourth-order valence-corrected chi connectivity index (χ4v) is 3.90. The topological polar surface area (TPSA) is 39.3 Å². The van der Waals surface area contributed by atoms with Crippen LogP contribution in [0.25, 0.3) is 17.0 Å². The monoisotopic (exact) mass is 373 g/mol. The molecule has 1 aliphatic rings. The molecule has 0 spiro atoms. The molecule has 1 aromatic heterocycles. The number of para-hydroxylation sites is 1. The van der Waals surface area contributed by atoms with Crippen LogP contribution in [0.15, 0.2) is 60.7 Å². The standard InChI is InChI=1S/C24H27N3O/c1-19-21(22-9-5-6-10-23(22)25-19)11-12-24(28)27-17-15-26(16-18-27)14-13-20-7-3-2-4-8-20/h2-12,25H,13-18H2,1H3. The van der Waals surface area contributed by atoms with Crippen LogP contribution in [0.5, 0.6) is 0 Å². The summed E-state index contributed by atoms with van der Waals surface area (Å²) in [6, 6.07) is 18.8. The molecule has 2 aromatic carbocycles. The minimum Gasteiger partial charge on any atom is -0.358 e. The summed E-state index contributed by atoms with van der Waals surface area (Å²) >= 11 is 0. The van der Waals surface area contributed by atoms with Gasteiger partial charge >= 0.3 is 0 Å². The Morgan fingerprint density at radius 2 is 1.71 bits per heavy atom. The third-order valence-electron chi connectivity index (χ3n) is 5.58. The van der Waals surface area contributed by atoms with E-state index in [0.29, 0.717) is 0 Å². The summed E-state index contributed by atoms with van der Waals surface area (Å²) in [4.78, 5) is 20.4. The van der Waals surface area contributed by atoms with Gasteiger partial charge in [0.25, 0.3) is 0 Å². The lowest BCUT2D eigenvalue weighted by molar-refractivity contribution is -0.127. The predicted octanol–water partition coefficient (Wildman–Crippen LogP) is 3.88. The first-order valence-electron chi connectivity index (χ1n) is 10.0. The number of rotatable bonds is 5. The zero-order valence-electron chi connectivity index (χ0n) is 16.4. The van der Waals surface area contributed by atoms with Crippen molar-refractivity contribution in [3.05, 3.63) is 77.5 Å². The molecule has 1 fully saturated rings. The lowest BCUT2D eigenvalue weighted by Gasteiger charge is -2.34. The van der Waals surface area contributed by atoms with Gasteiger partial charge in [0, 0.05) is 61.0 Å². The molecule has 1 amide bonds. The summed E-state index contributed by atoms with van der Waals surface area (Å²) < 4.78 is 0. The number of aromatic nitrogens is 1. The molecule has 0 saturated carbocycles. The molecule has 1 N–H and O–H groups in total. The number of aryl methyl sites for hydroxylation is 1. The largest absolute Gasteiger partial charge is 0.358 e. The van der Waals surface area contributed by atoms with Gasteiger partial charge in [-0.15, -0.1) is 0 Å². The third-order valence-corrected chi connectivity index (χ3v) is 5.58. The summed E-state index contributed by atoms with van der Waals surface area (Å²) in [5, 5.41) is 1.16. The van der Waals surface area contributed by atoms with Crippen LogP contribution < -0.4 is 0 Å². The van der Waals surface area contributed by atoms with Gasteiger partial charge in [-0.05, 0) is 31.1 Å². The SMILES string of the molecule is Cc1[nH]c2ccccc2c1C=CC(=O)N1CCN(CCc2ccccc2)CC1. The van der Waals surface area contributed by atoms with Crippen LogP contribution in [0.1, 0.15) is 16.8 Å². The van der Waals surface area contributed by atoms with Crippen molar-refractivity contribution in [3.63, 3.8) is 0 Å². The Balaban J connectivity index is 1.31. The van der Waals surface area contributed by atoms with E-state index in [2.05, 4.69) is 59.3 Å². The molecule has 0 atom stereocenters. The lowest BCUT2D eigenvalue weighted by Crippen LogP contribution is -2.48. The molecule has 144 valence electrons. The van der Waals surface area contributed by atoms with E-state index >= 15 is 0 Å². The number of hydrogen-bond acceptors (Lipinski definition) is 2. The molecule has 4 rings (SSSR count). The smallest absolute Gasteiger partial charge is 0.246 e. The minimum absolute atomic E-state index is 0.104. The Morgan fingerprint density at radius 1 is 1.00 bits per heavy atom. The van der Waals surface area contributed by atoms with E-state index < -0.39 is 0 Å². The highest BCUT2D eigenvalue weighted by Crippen LogP contribution is 2.23. The molecule has 28 heavy (non-hydrogen) atoms. The Kier molecular flexibility index (Phi) is 5.58. The lowest BCUT2D eigenvalue weighted by atomic mass is 10.1. The average Bonchev–Trinajstić information content (AvgIpc) is 3.06. The van der Waals surface area contributed by atoms with Crippen molar-refractivity contribution in [3.8, 4) is 0 Å². The van der Waals surface area contributed by atoms with Gasteiger partial charge in [-0.2, -0.15) is 0 Å². The van der Waals surface area contributed by atoms with E-state index in [9.17, 15) is 4.79 Å². The average molecular weight is 374 g/mol. The van der Waals surface area contributed by atoms with Crippen LogP contribution in [0, 0.1) is 6.92 Å². The van der Waals surface area contributed by atoms with Gasteiger partial charge in [-0.1, -0.05) is 48.5 Å². The summed E-state index contributed by atoms with van der Waals surface area (Å²) in [7, 11) is 0. The summed E-state index contributed by atoms with van der Waals surface area (Å²) in [5.74, 6) is 0.104. The quantitative estimate of drug-likeness (QED) is 0.690. The van der Waals surface area contributed by atoms with E-state index in [-0.39, 0.29) is 5.91 Å². The molecule has 4 nitrogen and oxygen atoms in total. The van der Waals surface area contributed by atoms with Crippen molar-refractivity contribution in [1.29, 1.82) is 0 Å². The summed E-state index contributed by atoms with van der Waals surface area (Å²) in [5.41, 5.74) is 4.68. The van der Waals surface area contributed by atoms with Gasteiger partial charge < -0.3 is 9.88 Å². The third kappa shape index (κ3) is 4.18. The molecular formula is C24H27N3O. The molecule has 3 aromatic rings. The highest BCUT2D eigenvalue weighted by atomic mass is 16.2. The number of hydrogen-bond donors (Lipinski definition) is 1. The van der Waals surface area contributed by atoms with Gasteiger partial charge in [0.2, 0.25) is 5.91 Å². The fourth-order valence-electron chi connectivity index (χ4n) is 3.90. The molecule has 2 heterocycles. The molecule has 1 saturated heterocycles. The van der Waals surface area contributed by atoms with Crippen molar-refractivity contribution < 1.29 is 4.79 Å². The number of H-pyrrole nitrogens is 1. The first-order chi connectivity index (χ1) is 13.7. The van der Waals surface area contributed by atoms with Crippen LogP contribution in [-0.2, 0) is 11.2 Å². The van der Waals surface area contributed by atoms with Crippen molar-refractivity contribution >= 4 is 22.9 Å². The van der Waals surface area contributed by atoms with E-state index in [1.54, 1.807) is 6.08 Å². The maximum atomic E-state index is 12.6. The second-order valence-corrected chi connectivity index (χ2v) is 7.45. The molecule has 4 heteroatoms. The Bertz CT molecular complexity index is 966. The van der Waals surface area contributed by atoms with Crippen molar-refractivity contribution in [1.82, 2.24) is 14.8 Å². The molecular weight excluding hydrogens is 346 g/mol. The number of nitrogens with one attached hydrogen (secondary N) is 1. The van der Waals surface area contributed by atoms with E-state index in [0.717, 1.165) is 61.3 Å². The number of benzene rings is 2. The number of piperazine rings is 1. The van der Waals surface area contributed by atoms with Crippen molar-refractivity contribution in [2.24, 2.45) is 0 Å². The van der Waals surface area contributed by atoms with Gasteiger partial charge in [0.1, 0.15) is 0 Å². The van der Waals surface area contributed by atoms with E-state index in [1.165, 1.54) is 5.56 Å². The number of carbonyl (C=O) groups excluding carboxylic acids is 1. The van der Waals surface area contributed by atoms with Crippen molar-refractivity contribution in [2.75, 3.05) is 32.7 Å². The second-order valence-electron chi connectivity index (χ2n) is 7.45. The van der Waals surface area contributed by atoms with E-state index in [1.807, 2.05) is 23.1 Å². The van der Waals surface area contributed by atoms with Gasteiger partial charge in [0.05, 0.1) is 0 Å². The highest BCUT2D eigenvalue weighted by molar-refractivity contribution is 5.97. The maximum Gasteiger partial charge on any atom is 0.246 e.